The number of hydrogen-bond acceptors (Lipinski definition) is 2. The number of hydrogen-bond donors (Lipinski definition) is 1. The molecule has 2 fully saturated rings. The van der Waals surface area contributed by atoms with Crippen LogP contribution in [0.1, 0.15) is 38.2 Å². The minimum atomic E-state index is -0.637. The normalized spacial score (nSPS) is 29.0. The number of carbonyl (C=O) groups excluding carboxylic acids is 2. The second kappa shape index (κ2) is 5.44. The number of halogens is 1. The maximum atomic E-state index is 12.4. The summed E-state index contributed by atoms with van der Waals surface area (Å²) in [7, 11) is 0. The molecule has 2 atom stereocenters. The number of carbonyl (C=O) groups is 2. The lowest BCUT2D eigenvalue weighted by molar-refractivity contribution is -0.129. The molecule has 1 saturated carbocycles. The van der Waals surface area contributed by atoms with E-state index in [4.69, 9.17) is 0 Å². The van der Waals surface area contributed by atoms with Crippen LogP contribution in [0, 0.1) is 5.92 Å². The molecule has 0 bridgehead atoms. The second-order valence-electron chi connectivity index (χ2n) is 6.20. The van der Waals surface area contributed by atoms with E-state index in [1.807, 2.05) is 24.3 Å². The fraction of sp³-hybridized carbons (Fsp3) is 0.500. The Morgan fingerprint density at radius 2 is 2.05 bits per heavy atom. The molecule has 1 heterocycles. The number of imide groups is 1. The van der Waals surface area contributed by atoms with Crippen LogP contribution in [0.4, 0.5) is 4.79 Å². The predicted molar refractivity (Wildman–Crippen MR) is 83.6 cm³/mol. The van der Waals surface area contributed by atoms with Gasteiger partial charge in [-0.1, -0.05) is 47.8 Å². The Hall–Kier alpha value is -1.36. The van der Waals surface area contributed by atoms with Crippen LogP contribution >= 0.6 is 15.9 Å². The van der Waals surface area contributed by atoms with Gasteiger partial charge >= 0.3 is 6.03 Å². The smallest absolute Gasteiger partial charge is 0.305 e. The lowest BCUT2D eigenvalue weighted by atomic mass is 9.75. The Bertz CT molecular complexity index is 572. The summed E-state index contributed by atoms with van der Waals surface area (Å²) in [5, 5.41) is 2.52. The summed E-state index contributed by atoms with van der Waals surface area (Å²) in [4.78, 5) is 26.3. The van der Waals surface area contributed by atoms with Gasteiger partial charge in [-0.2, -0.15) is 0 Å². The summed E-state index contributed by atoms with van der Waals surface area (Å²) in [5.41, 5.74) is 0.405. The molecule has 1 aromatic carbocycles. The van der Waals surface area contributed by atoms with Crippen molar-refractivity contribution in [2.75, 3.05) is 0 Å². The summed E-state index contributed by atoms with van der Waals surface area (Å²) in [6, 6.07) is 7.64. The Balaban J connectivity index is 1.88. The first-order valence-electron chi connectivity index (χ1n) is 7.39. The highest BCUT2D eigenvalue weighted by Crippen LogP contribution is 2.40. The number of nitrogens with zero attached hydrogens (tertiary/aromatic N) is 1. The van der Waals surface area contributed by atoms with Crippen molar-refractivity contribution in [3.63, 3.8) is 0 Å². The summed E-state index contributed by atoms with van der Waals surface area (Å²) < 4.78 is 1.01. The van der Waals surface area contributed by atoms with Crippen molar-refractivity contribution in [2.24, 2.45) is 5.92 Å². The molecule has 2 aliphatic rings. The molecule has 21 heavy (non-hydrogen) atoms. The minimum absolute atomic E-state index is 0.115. The van der Waals surface area contributed by atoms with Gasteiger partial charge < -0.3 is 4.90 Å². The maximum absolute atomic E-state index is 12.4. The van der Waals surface area contributed by atoms with Crippen molar-refractivity contribution >= 4 is 27.9 Å². The van der Waals surface area contributed by atoms with Crippen LogP contribution in [0.3, 0.4) is 0 Å². The molecule has 3 amide bonds. The van der Waals surface area contributed by atoms with Gasteiger partial charge in [-0.25, -0.2) is 4.79 Å². The molecule has 1 spiro atoms. The molecule has 0 aromatic heterocycles. The molecular formula is C16H19BrN2O2. The van der Waals surface area contributed by atoms with E-state index in [2.05, 4.69) is 28.2 Å². The van der Waals surface area contributed by atoms with Crippen molar-refractivity contribution in [2.45, 2.75) is 44.7 Å². The van der Waals surface area contributed by atoms with E-state index >= 15 is 0 Å². The Morgan fingerprint density at radius 3 is 2.71 bits per heavy atom. The van der Waals surface area contributed by atoms with Crippen molar-refractivity contribution in [3.05, 3.63) is 34.3 Å². The fourth-order valence-corrected chi connectivity index (χ4v) is 3.83. The average Bonchev–Trinajstić information content (AvgIpc) is 2.65. The van der Waals surface area contributed by atoms with Crippen molar-refractivity contribution in [1.29, 1.82) is 0 Å². The topological polar surface area (TPSA) is 49.4 Å². The predicted octanol–water partition coefficient (Wildman–Crippen LogP) is 3.45. The minimum Gasteiger partial charge on any atom is -0.305 e. The summed E-state index contributed by atoms with van der Waals surface area (Å²) in [5.74, 6) is 0.360. The lowest BCUT2D eigenvalue weighted by Gasteiger charge is -2.40. The molecule has 1 aliphatic carbocycles. The molecule has 0 radical (unpaired) electrons. The maximum Gasteiger partial charge on any atom is 0.325 e. The van der Waals surface area contributed by atoms with Gasteiger partial charge in [-0.15, -0.1) is 0 Å². The van der Waals surface area contributed by atoms with Crippen LogP contribution in [0.25, 0.3) is 0 Å². The van der Waals surface area contributed by atoms with Crippen LogP contribution in [0.5, 0.6) is 0 Å². The van der Waals surface area contributed by atoms with E-state index < -0.39 is 5.54 Å². The van der Waals surface area contributed by atoms with Gasteiger partial charge in [0, 0.05) is 11.0 Å². The first-order chi connectivity index (χ1) is 10.0. The molecule has 4 nitrogen and oxygen atoms in total. The largest absolute Gasteiger partial charge is 0.325 e. The summed E-state index contributed by atoms with van der Waals surface area (Å²) in [6.07, 6.45) is 3.67. The van der Waals surface area contributed by atoms with E-state index in [1.165, 1.54) is 0 Å². The van der Waals surface area contributed by atoms with Gasteiger partial charge in [-0.05, 0) is 36.5 Å². The zero-order valence-corrected chi connectivity index (χ0v) is 13.6. The Morgan fingerprint density at radius 1 is 1.33 bits per heavy atom. The van der Waals surface area contributed by atoms with Crippen molar-refractivity contribution in [1.82, 2.24) is 10.2 Å². The van der Waals surface area contributed by atoms with Crippen LogP contribution in [-0.4, -0.2) is 22.4 Å². The van der Waals surface area contributed by atoms with E-state index in [1.54, 1.807) is 4.90 Å². The third-order valence-electron chi connectivity index (χ3n) is 4.63. The van der Waals surface area contributed by atoms with Gasteiger partial charge in [0.25, 0.3) is 5.91 Å². The number of urea groups is 1. The third kappa shape index (κ3) is 2.59. The molecular weight excluding hydrogens is 332 g/mol. The highest BCUT2D eigenvalue weighted by molar-refractivity contribution is 9.10. The van der Waals surface area contributed by atoms with Gasteiger partial charge in [0.2, 0.25) is 0 Å². The van der Waals surface area contributed by atoms with E-state index in [-0.39, 0.29) is 11.9 Å². The van der Waals surface area contributed by atoms with Gasteiger partial charge in [0.1, 0.15) is 5.54 Å². The van der Waals surface area contributed by atoms with Crippen LogP contribution in [-0.2, 0) is 11.3 Å². The van der Waals surface area contributed by atoms with Gasteiger partial charge in [-0.3, -0.25) is 10.1 Å². The molecule has 2 unspecified atom stereocenters. The third-order valence-corrected chi connectivity index (χ3v) is 5.16. The van der Waals surface area contributed by atoms with Gasteiger partial charge in [0.15, 0.2) is 0 Å². The first kappa shape index (κ1) is 14.6. The highest BCUT2D eigenvalue weighted by Gasteiger charge is 2.53. The number of nitrogens with one attached hydrogen (secondary N) is 1. The quantitative estimate of drug-likeness (QED) is 0.830. The fourth-order valence-electron chi connectivity index (χ4n) is 3.57. The summed E-state index contributed by atoms with van der Waals surface area (Å²) >= 11 is 3.41. The Kier molecular flexibility index (Phi) is 3.78. The Labute approximate surface area is 133 Å². The SMILES string of the molecule is CC1CCCC2(C1)C(=O)NC(=O)N2Cc1ccc(Br)cc1. The first-order valence-corrected chi connectivity index (χ1v) is 8.18. The standard InChI is InChI=1S/C16H19BrN2O2/c1-11-3-2-8-16(9-11)14(20)18-15(21)19(16)10-12-4-6-13(17)7-5-12/h4-7,11H,2-3,8-10H2,1H3,(H,18,20,21). The highest BCUT2D eigenvalue weighted by atomic mass is 79.9. The zero-order valence-electron chi connectivity index (χ0n) is 12.1. The summed E-state index contributed by atoms with van der Waals surface area (Å²) in [6.45, 7) is 2.65. The molecule has 1 aliphatic heterocycles. The van der Waals surface area contributed by atoms with Gasteiger partial charge in [0.05, 0.1) is 0 Å². The molecule has 1 aromatic rings. The lowest BCUT2D eigenvalue weighted by Crippen LogP contribution is -2.52. The molecule has 5 heteroatoms. The van der Waals surface area contributed by atoms with Crippen LogP contribution in [0.2, 0.25) is 0 Å². The van der Waals surface area contributed by atoms with Crippen molar-refractivity contribution < 1.29 is 9.59 Å². The molecule has 1 N–H and O–H groups in total. The van der Waals surface area contributed by atoms with Crippen LogP contribution in [0.15, 0.2) is 28.7 Å². The second-order valence-corrected chi connectivity index (χ2v) is 7.12. The van der Waals surface area contributed by atoms with Crippen molar-refractivity contribution in [3.8, 4) is 0 Å². The van der Waals surface area contributed by atoms with E-state index in [0.717, 1.165) is 35.7 Å². The van der Waals surface area contributed by atoms with E-state index in [9.17, 15) is 9.59 Å². The molecule has 1 saturated heterocycles. The zero-order chi connectivity index (χ0) is 15.0. The average molecular weight is 351 g/mol. The number of rotatable bonds is 2. The monoisotopic (exact) mass is 350 g/mol. The number of amides is 3. The molecule has 3 rings (SSSR count). The van der Waals surface area contributed by atoms with E-state index in [0.29, 0.717) is 12.5 Å². The number of benzene rings is 1. The van der Waals surface area contributed by atoms with Crippen LogP contribution < -0.4 is 5.32 Å². The molecule has 112 valence electrons.